The number of aryl methyl sites for hydroxylation is 1. The maximum atomic E-state index is 12.6. The first-order valence-electron chi connectivity index (χ1n) is 6.69. The molecule has 1 atom stereocenters. The molecule has 0 saturated carbocycles. The Morgan fingerprint density at radius 3 is 2.76 bits per heavy atom. The number of nitrogens with one attached hydrogen (secondary N) is 1. The third-order valence-corrected chi connectivity index (χ3v) is 3.92. The summed E-state index contributed by atoms with van der Waals surface area (Å²) < 4.78 is 1.68. The van der Waals surface area contributed by atoms with E-state index in [1.165, 1.54) is 11.8 Å². The topological polar surface area (TPSA) is 85.8 Å². The number of carbonyl (C=O) groups excluding carboxylic acids is 1. The minimum Gasteiger partial charge on any atom is -0.368 e. The van der Waals surface area contributed by atoms with Crippen LogP contribution in [-0.2, 0) is 4.79 Å². The van der Waals surface area contributed by atoms with Gasteiger partial charge >= 0.3 is 0 Å². The lowest BCUT2D eigenvalue weighted by atomic mass is 10.1. The summed E-state index contributed by atoms with van der Waals surface area (Å²) in [6.07, 6.45) is 2.49. The van der Waals surface area contributed by atoms with E-state index in [1.54, 1.807) is 4.57 Å². The van der Waals surface area contributed by atoms with Crippen LogP contribution in [0.4, 0.5) is 11.6 Å². The van der Waals surface area contributed by atoms with Gasteiger partial charge in [-0.3, -0.25) is 9.36 Å². The van der Waals surface area contributed by atoms with E-state index in [4.69, 9.17) is 5.73 Å². The van der Waals surface area contributed by atoms with Gasteiger partial charge in [0, 0.05) is 5.69 Å². The van der Waals surface area contributed by atoms with Crippen molar-refractivity contribution >= 4 is 29.3 Å². The molecule has 1 heterocycles. The van der Waals surface area contributed by atoms with E-state index in [9.17, 15) is 4.79 Å². The Morgan fingerprint density at radius 2 is 2.14 bits per heavy atom. The van der Waals surface area contributed by atoms with Gasteiger partial charge in [0.15, 0.2) is 5.16 Å². The molecule has 1 aromatic carbocycles. The van der Waals surface area contributed by atoms with Gasteiger partial charge < -0.3 is 11.1 Å². The summed E-state index contributed by atoms with van der Waals surface area (Å²) in [7, 11) is 0. The molecule has 0 radical (unpaired) electrons. The summed E-state index contributed by atoms with van der Waals surface area (Å²) in [6, 6.07) is 7.24. The predicted molar refractivity (Wildman–Crippen MR) is 85.4 cm³/mol. The van der Waals surface area contributed by atoms with E-state index in [1.807, 2.05) is 44.4 Å². The highest BCUT2D eigenvalue weighted by atomic mass is 32.2. The Labute approximate surface area is 128 Å². The van der Waals surface area contributed by atoms with Crippen molar-refractivity contribution in [2.45, 2.75) is 31.5 Å². The van der Waals surface area contributed by atoms with Crippen molar-refractivity contribution in [2.24, 2.45) is 0 Å². The molecule has 0 saturated heterocycles. The molecule has 1 amide bonds. The summed E-state index contributed by atoms with van der Waals surface area (Å²) in [6.45, 7) is 3.89. The number of nitrogens with two attached hydrogens (primary N) is 1. The highest BCUT2D eigenvalue weighted by molar-refractivity contribution is 7.98. The standard InChI is InChI=1S/C14H19N5OS/c1-4-11(19-13(15)17-18-14(19)21-3)12(20)16-10-8-6-5-7-9(10)2/h5-8,11H,4H2,1-3H3,(H2,15,17)(H,16,20)/t11-/m1/s1. The molecule has 0 aliphatic carbocycles. The Kier molecular flexibility index (Phi) is 4.85. The number of thioether (sulfide) groups is 1. The first kappa shape index (κ1) is 15.4. The van der Waals surface area contributed by atoms with Crippen molar-refractivity contribution in [3.05, 3.63) is 29.8 Å². The summed E-state index contributed by atoms with van der Waals surface area (Å²) in [5.41, 5.74) is 7.67. The molecule has 0 fully saturated rings. The molecule has 112 valence electrons. The fraction of sp³-hybridized carbons (Fsp3) is 0.357. The van der Waals surface area contributed by atoms with Crippen molar-refractivity contribution in [2.75, 3.05) is 17.3 Å². The summed E-state index contributed by atoms with van der Waals surface area (Å²) in [5, 5.41) is 11.4. The average Bonchev–Trinajstić information content (AvgIpc) is 2.84. The second-order valence-corrected chi connectivity index (χ2v) is 5.42. The van der Waals surface area contributed by atoms with Gasteiger partial charge in [-0.15, -0.1) is 10.2 Å². The van der Waals surface area contributed by atoms with Gasteiger partial charge in [-0.1, -0.05) is 36.9 Å². The molecule has 0 aliphatic rings. The van der Waals surface area contributed by atoms with Crippen LogP contribution in [0.2, 0.25) is 0 Å². The Bertz CT molecular complexity index is 640. The van der Waals surface area contributed by atoms with Crippen molar-refractivity contribution in [1.82, 2.24) is 14.8 Å². The van der Waals surface area contributed by atoms with Gasteiger partial charge in [-0.05, 0) is 31.2 Å². The van der Waals surface area contributed by atoms with E-state index >= 15 is 0 Å². The minimum absolute atomic E-state index is 0.117. The molecule has 2 rings (SSSR count). The number of para-hydroxylation sites is 1. The second-order valence-electron chi connectivity index (χ2n) is 4.64. The van der Waals surface area contributed by atoms with Crippen molar-refractivity contribution in [3.63, 3.8) is 0 Å². The molecule has 21 heavy (non-hydrogen) atoms. The lowest BCUT2D eigenvalue weighted by Gasteiger charge is -2.19. The predicted octanol–water partition coefficient (Wildman–Crippen LogP) is 2.48. The number of benzene rings is 1. The van der Waals surface area contributed by atoms with Crippen LogP contribution in [0.25, 0.3) is 0 Å². The molecular formula is C14H19N5OS. The van der Waals surface area contributed by atoms with Crippen LogP contribution in [0.3, 0.4) is 0 Å². The Hall–Kier alpha value is -2.02. The van der Waals surface area contributed by atoms with Gasteiger partial charge in [0.05, 0.1) is 0 Å². The number of nitrogen functional groups attached to an aromatic ring is 1. The fourth-order valence-electron chi connectivity index (χ4n) is 2.13. The van der Waals surface area contributed by atoms with E-state index in [2.05, 4.69) is 15.5 Å². The molecule has 0 bridgehead atoms. The number of nitrogens with zero attached hydrogens (tertiary/aromatic N) is 3. The maximum absolute atomic E-state index is 12.6. The van der Waals surface area contributed by atoms with Gasteiger partial charge in [-0.2, -0.15) is 0 Å². The zero-order chi connectivity index (χ0) is 15.4. The van der Waals surface area contributed by atoms with Crippen LogP contribution < -0.4 is 11.1 Å². The molecular weight excluding hydrogens is 286 g/mol. The van der Waals surface area contributed by atoms with Crippen LogP contribution in [0.1, 0.15) is 24.9 Å². The molecule has 0 spiro atoms. The third-order valence-electron chi connectivity index (χ3n) is 3.28. The fourth-order valence-corrected chi connectivity index (χ4v) is 2.67. The van der Waals surface area contributed by atoms with Crippen molar-refractivity contribution < 1.29 is 4.79 Å². The molecule has 3 N–H and O–H groups in total. The number of rotatable bonds is 5. The molecule has 6 nitrogen and oxygen atoms in total. The van der Waals surface area contributed by atoms with Gasteiger partial charge in [-0.25, -0.2) is 0 Å². The summed E-state index contributed by atoms with van der Waals surface area (Å²) >= 11 is 1.42. The van der Waals surface area contributed by atoms with E-state index in [0.29, 0.717) is 11.6 Å². The number of aromatic nitrogens is 3. The minimum atomic E-state index is -0.429. The highest BCUT2D eigenvalue weighted by Crippen LogP contribution is 2.25. The number of hydrogen-bond acceptors (Lipinski definition) is 5. The zero-order valence-corrected chi connectivity index (χ0v) is 13.1. The number of amides is 1. The average molecular weight is 305 g/mol. The van der Waals surface area contributed by atoms with Gasteiger partial charge in [0.1, 0.15) is 6.04 Å². The first-order chi connectivity index (χ1) is 10.1. The third kappa shape index (κ3) is 3.18. The normalized spacial score (nSPS) is 12.1. The second kappa shape index (κ2) is 6.62. The quantitative estimate of drug-likeness (QED) is 0.829. The van der Waals surface area contributed by atoms with Crippen molar-refractivity contribution in [1.29, 1.82) is 0 Å². The zero-order valence-electron chi connectivity index (χ0n) is 12.3. The Balaban J connectivity index is 2.27. The smallest absolute Gasteiger partial charge is 0.247 e. The van der Waals surface area contributed by atoms with E-state index in [-0.39, 0.29) is 11.9 Å². The van der Waals surface area contributed by atoms with Crippen LogP contribution in [0.5, 0.6) is 0 Å². The summed E-state index contributed by atoms with van der Waals surface area (Å²) in [5.74, 6) is 0.139. The lowest BCUT2D eigenvalue weighted by molar-refractivity contribution is -0.119. The SMILES string of the molecule is CC[C@H](C(=O)Nc1ccccc1C)n1c(N)nnc1SC. The molecule has 2 aromatic rings. The van der Waals surface area contributed by atoms with Gasteiger partial charge in [0.2, 0.25) is 11.9 Å². The van der Waals surface area contributed by atoms with Crippen LogP contribution in [0.15, 0.2) is 29.4 Å². The van der Waals surface area contributed by atoms with Crippen LogP contribution in [0, 0.1) is 6.92 Å². The lowest BCUT2D eigenvalue weighted by Crippen LogP contribution is -2.27. The van der Waals surface area contributed by atoms with Crippen LogP contribution in [-0.4, -0.2) is 26.9 Å². The molecule has 1 aromatic heterocycles. The maximum Gasteiger partial charge on any atom is 0.247 e. The Morgan fingerprint density at radius 1 is 1.43 bits per heavy atom. The first-order valence-corrected chi connectivity index (χ1v) is 7.91. The van der Waals surface area contributed by atoms with Crippen molar-refractivity contribution in [3.8, 4) is 0 Å². The highest BCUT2D eigenvalue weighted by Gasteiger charge is 2.24. The number of anilines is 2. The van der Waals surface area contributed by atoms with E-state index in [0.717, 1.165) is 11.3 Å². The molecule has 0 aliphatic heterocycles. The van der Waals surface area contributed by atoms with E-state index < -0.39 is 6.04 Å². The largest absolute Gasteiger partial charge is 0.368 e. The monoisotopic (exact) mass is 305 g/mol. The van der Waals surface area contributed by atoms with Crippen LogP contribution >= 0.6 is 11.8 Å². The number of hydrogen-bond donors (Lipinski definition) is 2. The van der Waals surface area contributed by atoms with Gasteiger partial charge in [0.25, 0.3) is 0 Å². The summed E-state index contributed by atoms with van der Waals surface area (Å²) in [4.78, 5) is 12.6. The number of carbonyl (C=O) groups is 1. The molecule has 7 heteroatoms. The molecule has 0 unspecified atom stereocenters.